The number of aliphatic carboxylic acids is 1. The number of hydrogen-bond donors (Lipinski definition) is 3. The fraction of sp³-hybridized carbons (Fsp3) is 0.467. The molecule has 1 aromatic rings. The van der Waals surface area contributed by atoms with E-state index >= 15 is 0 Å². The van der Waals surface area contributed by atoms with Gasteiger partial charge in [-0.2, -0.15) is 11.8 Å². The van der Waals surface area contributed by atoms with E-state index in [-0.39, 0.29) is 12.5 Å². The summed E-state index contributed by atoms with van der Waals surface area (Å²) in [4.78, 5) is 23.2. The van der Waals surface area contributed by atoms with Crippen LogP contribution in [-0.4, -0.2) is 41.2 Å². The first kappa shape index (κ1) is 17.4. The lowest BCUT2D eigenvalue weighted by Crippen LogP contribution is -2.50. The summed E-state index contributed by atoms with van der Waals surface area (Å²) in [6, 6.07) is 7.94. The molecule has 6 heteroatoms. The molecule has 1 rings (SSSR count). The van der Waals surface area contributed by atoms with E-state index in [9.17, 15) is 14.7 Å². The third-order valence-corrected chi connectivity index (χ3v) is 3.82. The van der Waals surface area contributed by atoms with Crippen LogP contribution in [0.5, 0.6) is 0 Å². The molecular weight excluding hydrogens is 288 g/mol. The number of nitrogens with one attached hydrogen (secondary N) is 2. The smallest absolute Gasteiger partial charge is 0.326 e. The summed E-state index contributed by atoms with van der Waals surface area (Å²) in [7, 11) is 0. The van der Waals surface area contributed by atoms with Gasteiger partial charge in [0, 0.05) is 18.2 Å². The largest absolute Gasteiger partial charge is 0.480 e. The zero-order valence-corrected chi connectivity index (χ0v) is 13.2. The number of rotatable bonds is 8. The molecule has 0 saturated carbocycles. The average Bonchev–Trinajstić information content (AvgIpc) is 2.47. The first-order valence-corrected chi connectivity index (χ1v) is 8.28. The van der Waals surface area contributed by atoms with Crippen molar-refractivity contribution in [3.63, 3.8) is 0 Å². The second kappa shape index (κ2) is 9.28. The van der Waals surface area contributed by atoms with Gasteiger partial charge in [0.05, 0.1) is 0 Å². The van der Waals surface area contributed by atoms with Gasteiger partial charge in [0.1, 0.15) is 6.04 Å². The average molecular weight is 310 g/mol. The summed E-state index contributed by atoms with van der Waals surface area (Å²) in [5.41, 5.74) is 0.876. The number of carboxylic acids is 1. The third-order valence-electron chi connectivity index (χ3n) is 3.08. The molecule has 0 bridgehead atoms. The van der Waals surface area contributed by atoms with Crippen molar-refractivity contribution < 1.29 is 14.7 Å². The van der Waals surface area contributed by atoms with Crippen LogP contribution in [0, 0.1) is 0 Å². The summed E-state index contributed by atoms with van der Waals surface area (Å²) in [5, 5.41) is 14.6. The highest BCUT2D eigenvalue weighted by Gasteiger charge is 2.21. The summed E-state index contributed by atoms with van der Waals surface area (Å²) >= 11 is 1.65. The summed E-state index contributed by atoms with van der Waals surface area (Å²) < 4.78 is 0. The lowest BCUT2D eigenvalue weighted by molar-refractivity contribution is -0.139. The second-order valence-corrected chi connectivity index (χ2v) is 5.67. The molecule has 0 saturated heterocycles. The second-order valence-electron chi connectivity index (χ2n) is 4.76. The van der Waals surface area contributed by atoms with Crippen LogP contribution in [0.25, 0.3) is 0 Å². The van der Waals surface area contributed by atoms with Crippen LogP contribution in [0.4, 0.5) is 4.79 Å². The summed E-state index contributed by atoms with van der Waals surface area (Å²) in [5.74, 6) is -0.229. The van der Waals surface area contributed by atoms with Crippen molar-refractivity contribution in [1.82, 2.24) is 10.6 Å². The Bertz CT molecular complexity index is 453. The van der Waals surface area contributed by atoms with Crippen LogP contribution in [0.2, 0.25) is 0 Å². The normalized spacial score (nSPS) is 13.2. The Morgan fingerprint density at radius 3 is 2.43 bits per heavy atom. The Morgan fingerprint density at radius 1 is 1.24 bits per heavy atom. The van der Waals surface area contributed by atoms with E-state index in [1.54, 1.807) is 11.8 Å². The molecule has 2 atom stereocenters. The van der Waals surface area contributed by atoms with E-state index in [2.05, 4.69) is 10.6 Å². The Labute approximate surface area is 129 Å². The molecule has 5 nitrogen and oxygen atoms in total. The SMILES string of the molecule is CCC(CSC)NC(=O)N[C@@H](Cc1ccccc1)C(=O)O. The van der Waals surface area contributed by atoms with Crippen molar-refractivity contribution in [2.45, 2.75) is 31.8 Å². The number of amides is 2. The van der Waals surface area contributed by atoms with Crippen molar-refractivity contribution in [3.8, 4) is 0 Å². The number of benzene rings is 1. The quantitative estimate of drug-likeness (QED) is 0.687. The maximum Gasteiger partial charge on any atom is 0.326 e. The third kappa shape index (κ3) is 6.53. The molecule has 0 aliphatic rings. The molecule has 21 heavy (non-hydrogen) atoms. The van der Waals surface area contributed by atoms with Crippen LogP contribution in [-0.2, 0) is 11.2 Å². The molecule has 0 radical (unpaired) electrons. The van der Waals surface area contributed by atoms with Crippen molar-refractivity contribution in [2.75, 3.05) is 12.0 Å². The molecule has 0 aromatic heterocycles. The van der Waals surface area contributed by atoms with Gasteiger partial charge < -0.3 is 15.7 Å². The highest BCUT2D eigenvalue weighted by atomic mass is 32.2. The lowest BCUT2D eigenvalue weighted by Gasteiger charge is -2.19. The van der Waals surface area contributed by atoms with Crippen LogP contribution in [0.3, 0.4) is 0 Å². The van der Waals surface area contributed by atoms with E-state index in [0.29, 0.717) is 0 Å². The van der Waals surface area contributed by atoms with E-state index in [4.69, 9.17) is 0 Å². The van der Waals surface area contributed by atoms with Crippen molar-refractivity contribution in [1.29, 1.82) is 0 Å². The summed E-state index contributed by atoms with van der Waals surface area (Å²) in [6.45, 7) is 1.99. The van der Waals surface area contributed by atoms with Gasteiger partial charge in [0.2, 0.25) is 0 Å². The van der Waals surface area contributed by atoms with Crippen LogP contribution in [0.15, 0.2) is 30.3 Å². The van der Waals surface area contributed by atoms with Gasteiger partial charge in [0.15, 0.2) is 0 Å². The topological polar surface area (TPSA) is 78.4 Å². The maximum absolute atomic E-state index is 11.9. The monoisotopic (exact) mass is 310 g/mol. The molecular formula is C15H22N2O3S. The van der Waals surface area contributed by atoms with Crippen LogP contribution < -0.4 is 10.6 Å². The standard InChI is InChI=1S/C15H22N2O3S/c1-3-12(10-21-2)16-15(20)17-13(14(18)19)9-11-7-5-4-6-8-11/h4-8,12-13H,3,9-10H2,1-2H3,(H,18,19)(H2,16,17,20)/t12?,13-/m0/s1. The van der Waals surface area contributed by atoms with Gasteiger partial charge in [-0.3, -0.25) is 0 Å². The number of urea groups is 1. The molecule has 116 valence electrons. The van der Waals surface area contributed by atoms with Gasteiger partial charge in [0.25, 0.3) is 0 Å². The fourth-order valence-electron chi connectivity index (χ4n) is 1.90. The number of carbonyl (C=O) groups is 2. The lowest BCUT2D eigenvalue weighted by atomic mass is 10.1. The molecule has 1 unspecified atom stereocenters. The van der Waals surface area contributed by atoms with Gasteiger partial charge in [-0.15, -0.1) is 0 Å². The minimum Gasteiger partial charge on any atom is -0.480 e. The van der Waals surface area contributed by atoms with Gasteiger partial charge in [-0.05, 0) is 18.2 Å². The van der Waals surface area contributed by atoms with E-state index < -0.39 is 18.0 Å². The molecule has 0 heterocycles. The minimum absolute atomic E-state index is 0.0474. The predicted octanol–water partition coefficient (Wildman–Crippen LogP) is 2.12. The predicted molar refractivity (Wildman–Crippen MR) is 85.7 cm³/mol. The zero-order valence-electron chi connectivity index (χ0n) is 12.3. The first-order valence-electron chi connectivity index (χ1n) is 6.89. The number of thioether (sulfide) groups is 1. The molecule has 2 amide bonds. The molecule has 0 spiro atoms. The van der Waals surface area contributed by atoms with Crippen molar-refractivity contribution >= 4 is 23.8 Å². The summed E-state index contributed by atoms with van der Waals surface area (Å²) in [6.07, 6.45) is 3.05. The highest BCUT2D eigenvalue weighted by molar-refractivity contribution is 7.98. The van der Waals surface area contributed by atoms with Crippen molar-refractivity contribution in [3.05, 3.63) is 35.9 Å². The minimum atomic E-state index is -1.04. The van der Waals surface area contributed by atoms with E-state index in [1.165, 1.54) is 0 Å². The molecule has 0 fully saturated rings. The Kier molecular flexibility index (Phi) is 7.68. The van der Waals surface area contributed by atoms with Crippen LogP contribution >= 0.6 is 11.8 Å². The van der Waals surface area contributed by atoms with Crippen LogP contribution in [0.1, 0.15) is 18.9 Å². The van der Waals surface area contributed by atoms with E-state index in [1.807, 2.05) is 43.5 Å². The van der Waals surface area contributed by atoms with Gasteiger partial charge >= 0.3 is 12.0 Å². The fourth-order valence-corrected chi connectivity index (χ4v) is 2.62. The molecule has 0 aliphatic heterocycles. The number of carboxylic acid groups (broad SMARTS) is 1. The zero-order chi connectivity index (χ0) is 15.7. The van der Waals surface area contributed by atoms with E-state index in [0.717, 1.165) is 17.7 Å². The Balaban J connectivity index is 2.58. The number of hydrogen-bond acceptors (Lipinski definition) is 3. The molecule has 1 aromatic carbocycles. The number of carbonyl (C=O) groups excluding carboxylic acids is 1. The molecule has 3 N–H and O–H groups in total. The van der Waals surface area contributed by atoms with Gasteiger partial charge in [-0.1, -0.05) is 37.3 Å². The Hall–Kier alpha value is -1.69. The maximum atomic E-state index is 11.9. The van der Waals surface area contributed by atoms with Gasteiger partial charge in [-0.25, -0.2) is 9.59 Å². The Morgan fingerprint density at radius 2 is 1.90 bits per heavy atom. The van der Waals surface area contributed by atoms with Crippen molar-refractivity contribution in [2.24, 2.45) is 0 Å². The first-order chi connectivity index (χ1) is 10.1. The highest BCUT2D eigenvalue weighted by Crippen LogP contribution is 2.04. The molecule has 0 aliphatic carbocycles.